The number of piperazine rings is 1. The predicted octanol–water partition coefficient (Wildman–Crippen LogP) is 14.1. The molecule has 3 rings (SSSR count). The highest BCUT2D eigenvalue weighted by Gasteiger charge is 2.22. The molecule has 10 heteroatoms. The van der Waals surface area contributed by atoms with Crippen LogP contribution >= 0.6 is 0 Å². The van der Waals surface area contributed by atoms with Crippen LogP contribution < -0.4 is 20.1 Å². The number of unbranched alkanes of at least 4 members (excludes halogenated alkanes) is 20. The monoisotopic (exact) mass is 1000 g/mol. The van der Waals surface area contributed by atoms with Crippen LogP contribution in [0.2, 0.25) is 0 Å². The number of rotatable bonds is 44. The first kappa shape index (κ1) is 62.5. The Kier molecular flexibility index (Phi) is 36.1. The van der Waals surface area contributed by atoms with E-state index in [0.29, 0.717) is 37.4 Å². The summed E-state index contributed by atoms with van der Waals surface area (Å²) < 4.78 is 11.8. The fraction of sp³-hybridized carbons (Fsp3) is 0.742. The van der Waals surface area contributed by atoms with E-state index in [-0.39, 0.29) is 35.6 Å². The highest BCUT2D eigenvalue weighted by atomic mass is 16.5. The summed E-state index contributed by atoms with van der Waals surface area (Å²) in [6.45, 7) is 16.1. The van der Waals surface area contributed by atoms with Gasteiger partial charge in [-0.15, -0.1) is 0 Å². The quantitative estimate of drug-likeness (QED) is 0.0383. The van der Waals surface area contributed by atoms with Gasteiger partial charge in [0, 0.05) is 39.3 Å². The van der Waals surface area contributed by atoms with E-state index < -0.39 is 0 Å². The van der Waals surface area contributed by atoms with Gasteiger partial charge in [-0.05, 0) is 87.0 Å². The summed E-state index contributed by atoms with van der Waals surface area (Å²) in [4.78, 5) is 57.1. The number of amides is 2. The van der Waals surface area contributed by atoms with Gasteiger partial charge in [0.2, 0.25) is 11.8 Å². The second-order valence-electron chi connectivity index (χ2n) is 21.2. The summed E-state index contributed by atoms with van der Waals surface area (Å²) in [7, 11) is 0. The van der Waals surface area contributed by atoms with Crippen LogP contribution in [-0.4, -0.2) is 85.9 Å². The Morgan fingerprint density at radius 1 is 0.403 bits per heavy atom. The minimum absolute atomic E-state index is 0.00578. The molecule has 0 aromatic heterocycles. The second-order valence-corrected chi connectivity index (χ2v) is 21.2. The summed E-state index contributed by atoms with van der Waals surface area (Å²) in [5.41, 5.74) is 1.81. The predicted molar refractivity (Wildman–Crippen MR) is 299 cm³/mol. The molecule has 0 radical (unpaired) electrons. The Hall–Kier alpha value is -3.76. The molecule has 2 amide bonds. The molecule has 0 saturated carbocycles. The fourth-order valence-electron chi connectivity index (χ4n) is 9.99. The summed E-state index contributed by atoms with van der Waals surface area (Å²) in [6.07, 6.45) is 35.3. The first-order valence-corrected chi connectivity index (χ1v) is 29.8. The van der Waals surface area contributed by atoms with Gasteiger partial charge in [0.1, 0.15) is 11.5 Å². The molecule has 2 aromatic carbocycles. The van der Waals surface area contributed by atoms with Gasteiger partial charge in [0.05, 0.1) is 24.7 Å². The van der Waals surface area contributed by atoms with E-state index in [1.165, 1.54) is 128 Å². The van der Waals surface area contributed by atoms with E-state index >= 15 is 0 Å². The van der Waals surface area contributed by atoms with Crippen LogP contribution in [0.5, 0.6) is 11.5 Å². The molecule has 1 fully saturated rings. The van der Waals surface area contributed by atoms with E-state index in [2.05, 4.69) is 48.1 Å². The first-order valence-electron chi connectivity index (χ1n) is 29.8. The van der Waals surface area contributed by atoms with Crippen molar-refractivity contribution in [3.8, 4) is 11.5 Å². The lowest BCUT2D eigenvalue weighted by atomic mass is 9.94. The van der Waals surface area contributed by atoms with Gasteiger partial charge in [-0.2, -0.15) is 0 Å². The molecule has 1 aliphatic heterocycles. The number of esters is 2. The summed E-state index contributed by atoms with van der Waals surface area (Å²) >= 11 is 0. The average Bonchev–Trinajstić information content (AvgIpc) is 3.38. The molecule has 72 heavy (non-hydrogen) atoms. The number of nitrogens with one attached hydrogen (secondary N) is 2. The van der Waals surface area contributed by atoms with Crippen LogP contribution in [0.1, 0.15) is 231 Å². The lowest BCUT2D eigenvalue weighted by Crippen LogP contribution is -2.47. The third-order valence-electron chi connectivity index (χ3n) is 14.7. The first-order chi connectivity index (χ1) is 35.2. The van der Waals surface area contributed by atoms with Crippen LogP contribution in [-0.2, 0) is 32.0 Å². The van der Waals surface area contributed by atoms with Crippen molar-refractivity contribution in [3.05, 3.63) is 59.7 Å². The Morgan fingerprint density at radius 2 is 0.681 bits per heavy atom. The molecule has 1 heterocycles. The second kappa shape index (κ2) is 41.6. The highest BCUT2D eigenvalue weighted by Crippen LogP contribution is 2.25. The molecular weight excluding hydrogens is 897 g/mol. The normalized spacial score (nSPS) is 13.2. The molecule has 2 N–H and O–H groups in total. The third-order valence-corrected chi connectivity index (χ3v) is 14.7. The van der Waals surface area contributed by atoms with Crippen LogP contribution in [0, 0.1) is 11.8 Å². The molecular formula is C62H104N4O6. The van der Waals surface area contributed by atoms with Crippen molar-refractivity contribution in [2.24, 2.45) is 11.8 Å². The smallest absolute Gasteiger partial charge is 0.314 e. The molecule has 10 nitrogen and oxygen atoms in total. The lowest BCUT2D eigenvalue weighted by Gasteiger charge is -2.34. The molecule has 0 bridgehead atoms. The van der Waals surface area contributed by atoms with Crippen LogP contribution in [0.4, 0.5) is 0 Å². The van der Waals surface area contributed by atoms with Crippen molar-refractivity contribution >= 4 is 23.8 Å². The average molecular weight is 1000 g/mol. The number of benzene rings is 2. The minimum Gasteiger partial charge on any atom is -0.426 e. The van der Waals surface area contributed by atoms with Crippen LogP contribution in [0.25, 0.3) is 0 Å². The molecule has 2 aromatic rings. The number of nitrogens with zero attached hydrogens (tertiary/aromatic N) is 2. The van der Waals surface area contributed by atoms with Gasteiger partial charge in [-0.25, -0.2) is 0 Å². The van der Waals surface area contributed by atoms with Gasteiger partial charge in [-0.1, -0.05) is 206 Å². The highest BCUT2D eigenvalue weighted by molar-refractivity contribution is 5.79. The van der Waals surface area contributed by atoms with E-state index in [0.717, 1.165) is 115 Å². The van der Waals surface area contributed by atoms with Gasteiger partial charge in [0.15, 0.2) is 0 Å². The summed E-state index contributed by atoms with van der Waals surface area (Å²) in [5, 5.41) is 6.18. The minimum atomic E-state index is -0.109. The Balaban J connectivity index is 1.26. The van der Waals surface area contributed by atoms with Crippen LogP contribution in [0.15, 0.2) is 48.5 Å². The van der Waals surface area contributed by atoms with Crippen molar-refractivity contribution < 1.29 is 28.7 Å². The fourth-order valence-corrected chi connectivity index (χ4v) is 9.99. The van der Waals surface area contributed by atoms with Crippen molar-refractivity contribution in [1.82, 2.24) is 20.4 Å². The van der Waals surface area contributed by atoms with Crippen LogP contribution in [0.3, 0.4) is 0 Å². The van der Waals surface area contributed by atoms with Gasteiger partial charge in [0.25, 0.3) is 0 Å². The number of hydrogen-bond acceptors (Lipinski definition) is 8. The zero-order valence-electron chi connectivity index (χ0n) is 46.4. The van der Waals surface area contributed by atoms with E-state index in [1.54, 1.807) is 0 Å². The van der Waals surface area contributed by atoms with Gasteiger partial charge >= 0.3 is 11.9 Å². The number of ether oxygens (including phenoxy) is 2. The zero-order chi connectivity index (χ0) is 51.7. The summed E-state index contributed by atoms with van der Waals surface area (Å²) in [5.74, 6) is 0.808. The maximum atomic E-state index is 13.3. The van der Waals surface area contributed by atoms with E-state index in [4.69, 9.17) is 9.47 Å². The van der Waals surface area contributed by atoms with Gasteiger partial charge in [-0.3, -0.25) is 19.2 Å². The number of carbonyl (C=O) groups excluding carboxylic acids is 4. The third kappa shape index (κ3) is 30.4. The Morgan fingerprint density at radius 3 is 0.972 bits per heavy atom. The molecule has 0 spiro atoms. The van der Waals surface area contributed by atoms with E-state index in [9.17, 15) is 19.2 Å². The SMILES string of the molecule is CCCCCCCCC(CCCCCCCC)C(=O)Oc1ccc(CC(=O)NCCCN2CCN(CCCNC(=O)Cc3ccc(OC(=O)C(CCCCCCCC)CCCCCCCC)cc3)CC2)cc1. The largest absolute Gasteiger partial charge is 0.426 e. The van der Waals surface area contributed by atoms with Crippen molar-refractivity contribution in [2.75, 3.05) is 52.4 Å². The molecule has 1 aliphatic rings. The van der Waals surface area contributed by atoms with E-state index in [1.807, 2.05) is 48.5 Å². The molecule has 1 saturated heterocycles. The van der Waals surface area contributed by atoms with Crippen molar-refractivity contribution in [2.45, 2.75) is 233 Å². The molecule has 0 atom stereocenters. The standard InChI is InChI=1S/C62H104N4O6/c1-5-9-13-17-21-25-31-55(32-26-22-18-14-10-6-2)61(69)71-57-39-35-53(36-40-57)51-59(67)63-43-29-45-65-47-49-66(50-48-65)46-30-44-64-60(68)52-54-37-41-58(42-38-54)72-62(70)56(33-27-23-19-15-11-7-3)34-28-24-20-16-12-8-4/h35-42,55-56H,5-34,43-52H2,1-4H3,(H,63,67)(H,64,68). The number of hydrogen-bond donors (Lipinski definition) is 2. The topological polar surface area (TPSA) is 117 Å². The molecule has 0 aliphatic carbocycles. The van der Waals surface area contributed by atoms with Gasteiger partial charge < -0.3 is 29.9 Å². The molecule has 0 unspecified atom stereocenters. The zero-order valence-corrected chi connectivity index (χ0v) is 46.4. The Bertz CT molecular complexity index is 1520. The van der Waals surface area contributed by atoms with Crippen molar-refractivity contribution in [1.29, 1.82) is 0 Å². The molecule has 408 valence electrons. The number of carbonyl (C=O) groups is 4. The summed E-state index contributed by atoms with van der Waals surface area (Å²) in [6, 6.07) is 14.9. The maximum Gasteiger partial charge on any atom is 0.314 e. The Labute approximate surface area is 439 Å². The lowest BCUT2D eigenvalue weighted by molar-refractivity contribution is -0.140. The maximum absolute atomic E-state index is 13.3. The van der Waals surface area contributed by atoms with Crippen molar-refractivity contribution in [3.63, 3.8) is 0 Å².